The van der Waals surface area contributed by atoms with Gasteiger partial charge in [0, 0.05) is 39.3 Å². The van der Waals surface area contributed by atoms with Gasteiger partial charge in [0.05, 0.1) is 6.54 Å². The van der Waals surface area contributed by atoms with Crippen molar-refractivity contribution in [3.8, 4) is 0 Å². The molecule has 0 aromatic carbocycles. The number of hydrogen-bond acceptors (Lipinski definition) is 3. The zero-order valence-corrected chi connectivity index (χ0v) is 11.8. The van der Waals surface area contributed by atoms with Gasteiger partial charge in [0.2, 0.25) is 5.91 Å². The first-order valence-electron chi connectivity index (χ1n) is 7.37. The number of nitrogens with one attached hydrogen (secondary N) is 1. The molecule has 1 amide bonds. The van der Waals surface area contributed by atoms with Gasteiger partial charge in [-0.15, -0.1) is 0 Å². The number of carbonyl (C=O) groups is 1. The maximum absolute atomic E-state index is 12.3. The standard InChI is InChI=1S/C14H27N3O/c1-12-5-3-4-6-13(12)16(2)14(18)11-17-9-7-15-8-10-17/h12-13,15H,3-11H2,1-2H3. The molecule has 1 saturated carbocycles. The van der Waals surface area contributed by atoms with E-state index in [2.05, 4.69) is 17.1 Å². The minimum Gasteiger partial charge on any atom is -0.341 e. The first-order chi connectivity index (χ1) is 8.68. The first-order valence-corrected chi connectivity index (χ1v) is 7.37. The lowest BCUT2D eigenvalue weighted by molar-refractivity contribution is -0.135. The van der Waals surface area contributed by atoms with Crippen LogP contribution < -0.4 is 5.32 Å². The molecule has 0 aromatic rings. The van der Waals surface area contributed by atoms with Crippen molar-refractivity contribution in [1.82, 2.24) is 15.1 Å². The van der Waals surface area contributed by atoms with Crippen LogP contribution in [0.4, 0.5) is 0 Å². The Morgan fingerprint density at radius 1 is 1.28 bits per heavy atom. The first kappa shape index (κ1) is 13.8. The Labute approximate surface area is 111 Å². The second-order valence-corrected chi connectivity index (χ2v) is 5.86. The largest absolute Gasteiger partial charge is 0.341 e. The zero-order chi connectivity index (χ0) is 13.0. The molecule has 2 fully saturated rings. The minimum absolute atomic E-state index is 0.302. The number of nitrogens with zero attached hydrogens (tertiary/aromatic N) is 2. The lowest BCUT2D eigenvalue weighted by atomic mass is 9.85. The van der Waals surface area contributed by atoms with Gasteiger partial charge < -0.3 is 10.2 Å². The summed E-state index contributed by atoms with van der Waals surface area (Å²) in [5.41, 5.74) is 0. The summed E-state index contributed by atoms with van der Waals surface area (Å²) in [6.07, 6.45) is 5.07. The third kappa shape index (κ3) is 3.45. The van der Waals surface area contributed by atoms with E-state index in [1.165, 1.54) is 25.7 Å². The highest BCUT2D eigenvalue weighted by molar-refractivity contribution is 5.78. The number of carbonyl (C=O) groups excluding carboxylic acids is 1. The Bertz CT molecular complexity index is 276. The molecule has 104 valence electrons. The lowest BCUT2D eigenvalue weighted by Crippen LogP contribution is -2.50. The Morgan fingerprint density at radius 2 is 1.94 bits per heavy atom. The van der Waals surface area contributed by atoms with Gasteiger partial charge in [-0.1, -0.05) is 19.8 Å². The molecule has 2 aliphatic rings. The molecule has 0 spiro atoms. The van der Waals surface area contributed by atoms with Crippen molar-refractivity contribution in [3.63, 3.8) is 0 Å². The second kappa shape index (κ2) is 6.53. The Kier molecular flexibility index (Phi) is 5.01. The zero-order valence-electron chi connectivity index (χ0n) is 11.8. The van der Waals surface area contributed by atoms with Gasteiger partial charge in [-0.3, -0.25) is 9.69 Å². The topological polar surface area (TPSA) is 35.6 Å². The van der Waals surface area contributed by atoms with Gasteiger partial charge in [0.1, 0.15) is 0 Å². The summed E-state index contributed by atoms with van der Waals surface area (Å²) < 4.78 is 0. The average Bonchev–Trinajstić information content (AvgIpc) is 2.39. The molecule has 4 nitrogen and oxygen atoms in total. The summed E-state index contributed by atoms with van der Waals surface area (Å²) in [5, 5.41) is 3.32. The van der Waals surface area contributed by atoms with Crippen LogP contribution in [0.25, 0.3) is 0 Å². The Hall–Kier alpha value is -0.610. The fourth-order valence-electron chi connectivity index (χ4n) is 3.23. The smallest absolute Gasteiger partial charge is 0.236 e. The normalized spacial score (nSPS) is 30.1. The predicted molar refractivity (Wildman–Crippen MR) is 73.5 cm³/mol. The van der Waals surface area contributed by atoms with Crippen molar-refractivity contribution in [2.24, 2.45) is 5.92 Å². The van der Waals surface area contributed by atoms with E-state index in [-0.39, 0.29) is 0 Å². The minimum atomic E-state index is 0.302. The van der Waals surface area contributed by atoms with Crippen LogP contribution in [0.15, 0.2) is 0 Å². The molecule has 2 atom stereocenters. The van der Waals surface area contributed by atoms with E-state index in [1.54, 1.807) is 0 Å². The number of likely N-dealkylation sites (N-methyl/N-ethyl adjacent to an activating group) is 1. The van der Waals surface area contributed by atoms with Crippen LogP contribution in [0.2, 0.25) is 0 Å². The fraction of sp³-hybridized carbons (Fsp3) is 0.929. The molecule has 0 bridgehead atoms. The summed E-state index contributed by atoms with van der Waals surface area (Å²) >= 11 is 0. The summed E-state index contributed by atoms with van der Waals surface area (Å²) in [6.45, 7) is 6.91. The monoisotopic (exact) mass is 253 g/mol. The molecule has 0 aromatic heterocycles. The number of rotatable bonds is 3. The molecular formula is C14H27N3O. The van der Waals surface area contributed by atoms with E-state index in [0.29, 0.717) is 24.4 Å². The summed E-state index contributed by atoms with van der Waals surface area (Å²) in [6, 6.07) is 0.467. The molecule has 18 heavy (non-hydrogen) atoms. The number of amides is 1. The lowest BCUT2D eigenvalue weighted by Gasteiger charge is -2.37. The summed E-state index contributed by atoms with van der Waals surface area (Å²) in [7, 11) is 2.00. The number of piperazine rings is 1. The van der Waals surface area contributed by atoms with Crippen LogP contribution in [0.3, 0.4) is 0 Å². The van der Waals surface area contributed by atoms with Crippen molar-refractivity contribution in [1.29, 1.82) is 0 Å². The SMILES string of the molecule is CC1CCCCC1N(C)C(=O)CN1CCNCC1. The molecule has 4 heteroatoms. The highest BCUT2D eigenvalue weighted by Crippen LogP contribution is 2.27. The van der Waals surface area contributed by atoms with Crippen LogP contribution >= 0.6 is 0 Å². The second-order valence-electron chi connectivity index (χ2n) is 5.86. The van der Waals surface area contributed by atoms with Gasteiger partial charge in [0.25, 0.3) is 0 Å². The molecule has 2 unspecified atom stereocenters. The van der Waals surface area contributed by atoms with E-state index in [4.69, 9.17) is 0 Å². The van der Waals surface area contributed by atoms with Crippen molar-refractivity contribution in [2.45, 2.75) is 38.6 Å². The molecule has 1 N–H and O–H groups in total. The maximum Gasteiger partial charge on any atom is 0.236 e. The summed E-state index contributed by atoms with van der Waals surface area (Å²) in [5.74, 6) is 0.964. The predicted octanol–water partition coefficient (Wildman–Crippen LogP) is 0.929. The number of hydrogen-bond donors (Lipinski definition) is 1. The highest BCUT2D eigenvalue weighted by atomic mass is 16.2. The molecule has 1 aliphatic heterocycles. The van der Waals surface area contributed by atoms with Gasteiger partial charge in [0.15, 0.2) is 0 Å². The average molecular weight is 253 g/mol. The molecule has 1 aliphatic carbocycles. The molecule has 1 heterocycles. The van der Waals surface area contributed by atoms with Crippen LogP contribution in [-0.2, 0) is 4.79 Å². The molecular weight excluding hydrogens is 226 g/mol. The maximum atomic E-state index is 12.3. The van der Waals surface area contributed by atoms with Crippen molar-refractivity contribution in [3.05, 3.63) is 0 Å². The van der Waals surface area contributed by atoms with Crippen molar-refractivity contribution < 1.29 is 4.79 Å². The van der Waals surface area contributed by atoms with E-state index >= 15 is 0 Å². The van der Waals surface area contributed by atoms with E-state index in [9.17, 15) is 4.79 Å². The van der Waals surface area contributed by atoms with Crippen LogP contribution in [0.5, 0.6) is 0 Å². The Balaban J connectivity index is 1.83. The van der Waals surface area contributed by atoms with E-state index in [1.807, 2.05) is 11.9 Å². The summed E-state index contributed by atoms with van der Waals surface area (Å²) in [4.78, 5) is 16.6. The van der Waals surface area contributed by atoms with Gasteiger partial charge >= 0.3 is 0 Å². The quantitative estimate of drug-likeness (QED) is 0.813. The van der Waals surface area contributed by atoms with E-state index < -0.39 is 0 Å². The van der Waals surface area contributed by atoms with Gasteiger partial charge in [-0.25, -0.2) is 0 Å². The van der Waals surface area contributed by atoms with Crippen molar-refractivity contribution in [2.75, 3.05) is 39.8 Å². The third-order valence-corrected chi connectivity index (χ3v) is 4.53. The van der Waals surface area contributed by atoms with Crippen LogP contribution in [0, 0.1) is 5.92 Å². The van der Waals surface area contributed by atoms with Crippen molar-refractivity contribution >= 4 is 5.91 Å². The van der Waals surface area contributed by atoms with Crippen LogP contribution in [0.1, 0.15) is 32.6 Å². The third-order valence-electron chi connectivity index (χ3n) is 4.53. The van der Waals surface area contributed by atoms with Gasteiger partial charge in [-0.05, 0) is 18.8 Å². The highest BCUT2D eigenvalue weighted by Gasteiger charge is 2.28. The van der Waals surface area contributed by atoms with Crippen LogP contribution in [-0.4, -0.2) is 61.5 Å². The molecule has 2 rings (SSSR count). The van der Waals surface area contributed by atoms with Gasteiger partial charge in [-0.2, -0.15) is 0 Å². The Morgan fingerprint density at radius 3 is 2.61 bits per heavy atom. The van der Waals surface area contributed by atoms with E-state index in [0.717, 1.165) is 26.2 Å². The molecule has 1 saturated heterocycles. The molecule has 0 radical (unpaired) electrons. The fourth-order valence-corrected chi connectivity index (χ4v) is 3.23.